The lowest BCUT2D eigenvalue weighted by atomic mass is 9.46. The highest BCUT2D eigenvalue weighted by atomic mass is 16.6. The zero-order chi connectivity index (χ0) is 26.4. The molecule has 0 aromatic rings. The van der Waals surface area contributed by atoms with E-state index in [0.29, 0.717) is 29.8 Å². The molecule has 1 saturated carbocycles. The highest BCUT2D eigenvalue weighted by Gasteiger charge is 2.68. The van der Waals surface area contributed by atoms with Gasteiger partial charge in [-0.2, -0.15) is 0 Å². The molecule has 2 fully saturated rings. The Bertz CT molecular complexity index is 1020. The number of allylic oxidation sites excluding steroid dienone is 3. The van der Waals surface area contributed by atoms with Crippen molar-refractivity contribution in [2.24, 2.45) is 39.9 Å². The molecule has 1 saturated heterocycles. The Kier molecular flexibility index (Phi) is 6.24. The number of hydrogen-bond donors (Lipinski definition) is 1. The predicted molar refractivity (Wildman–Crippen MR) is 143 cm³/mol. The minimum Gasteiger partial charge on any atom is -0.458 e. The van der Waals surface area contributed by atoms with Gasteiger partial charge in [0.25, 0.3) is 0 Å². The number of aliphatic hydroxyl groups excluding tert-OH is 1. The summed E-state index contributed by atoms with van der Waals surface area (Å²) in [5, 5.41) is 12.2. The van der Waals surface area contributed by atoms with Crippen LogP contribution in [0, 0.1) is 39.9 Å². The molecule has 200 valence electrons. The van der Waals surface area contributed by atoms with Crippen molar-refractivity contribution in [1.82, 2.24) is 0 Å². The number of carbonyl (C=O) groups excluding carboxylic acids is 1. The highest BCUT2D eigenvalue weighted by Crippen LogP contribution is 2.69. The molecule has 4 nitrogen and oxygen atoms in total. The molecule has 36 heavy (non-hydrogen) atoms. The number of epoxide rings is 1. The van der Waals surface area contributed by atoms with Gasteiger partial charge in [-0.3, -0.25) is 4.79 Å². The summed E-state index contributed by atoms with van der Waals surface area (Å²) in [5.41, 5.74) is 4.72. The maximum absolute atomic E-state index is 12.4. The van der Waals surface area contributed by atoms with Crippen molar-refractivity contribution in [2.45, 2.75) is 118 Å². The van der Waals surface area contributed by atoms with Crippen LogP contribution in [-0.4, -0.2) is 35.5 Å². The summed E-state index contributed by atoms with van der Waals surface area (Å²) in [7, 11) is 0. The molecule has 3 unspecified atom stereocenters. The molecule has 5 rings (SSSR count). The van der Waals surface area contributed by atoms with Crippen LogP contribution in [0.4, 0.5) is 0 Å². The van der Waals surface area contributed by atoms with Crippen LogP contribution in [0.1, 0.15) is 93.9 Å². The number of carbonyl (C=O) groups is 1. The Morgan fingerprint density at radius 2 is 1.94 bits per heavy atom. The second-order valence-electron chi connectivity index (χ2n) is 14.1. The fourth-order valence-corrected chi connectivity index (χ4v) is 9.38. The van der Waals surface area contributed by atoms with Gasteiger partial charge in [-0.25, -0.2) is 0 Å². The molecule has 0 bridgehead atoms. The molecule has 1 aliphatic heterocycles. The molecule has 5 aliphatic rings. The van der Waals surface area contributed by atoms with Crippen LogP contribution in [-0.2, 0) is 14.3 Å². The molecular weight excluding hydrogens is 448 g/mol. The number of aliphatic hydroxyl groups is 1. The average Bonchev–Trinajstić information content (AvgIpc) is 3.47. The van der Waals surface area contributed by atoms with Gasteiger partial charge in [0, 0.05) is 12.3 Å². The van der Waals surface area contributed by atoms with Crippen molar-refractivity contribution in [3.05, 3.63) is 34.9 Å². The fourth-order valence-electron chi connectivity index (χ4n) is 9.38. The Labute approximate surface area is 218 Å². The summed E-state index contributed by atoms with van der Waals surface area (Å²) >= 11 is 0. The summed E-state index contributed by atoms with van der Waals surface area (Å²) < 4.78 is 12.3. The van der Waals surface area contributed by atoms with E-state index in [4.69, 9.17) is 9.47 Å². The number of hydrogen-bond acceptors (Lipinski definition) is 4. The van der Waals surface area contributed by atoms with Crippen molar-refractivity contribution in [3.8, 4) is 0 Å². The lowest BCUT2D eigenvalue weighted by Crippen LogP contribution is -2.59. The van der Waals surface area contributed by atoms with E-state index in [1.807, 2.05) is 0 Å². The molecule has 0 radical (unpaired) electrons. The number of esters is 1. The quantitative estimate of drug-likeness (QED) is 0.250. The third kappa shape index (κ3) is 3.64. The Balaban J connectivity index is 1.54. The van der Waals surface area contributed by atoms with Crippen molar-refractivity contribution in [2.75, 3.05) is 0 Å². The van der Waals surface area contributed by atoms with E-state index in [0.717, 1.165) is 44.1 Å². The zero-order valence-electron chi connectivity index (χ0n) is 23.8. The molecule has 0 aromatic carbocycles. The molecular formula is C32H48O4. The molecule has 0 aromatic heterocycles. The summed E-state index contributed by atoms with van der Waals surface area (Å²) in [6.45, 7) is 21.9. The van der Waals surface area contributed by atoms with Crippen molar-refractivity contribution in [3.63, 3.8) is 0 Å². The third-order valence-corrected chi connectivity index (χ3v) is 11.4. The van der Waals surface area contributed by atoms with Crippen LogP contribution < -0.4 is 0 Å². The minimum atomic E-state index is -0.775. The maximum Gasteiger partial charge on any atom is 0.303 e. The third-order valence-electron chi connectivity index (χ3n) is 11.4. The smallest absolute Gasteiger partial charge is 0.303 e. The molecule has 4 aliphatic carbocycles. The average molecular weight is 497 g/mol. The standard InChI is InChI=1S/C32H48O4/c1-17(2)18(3)10-11-19(4)22-13-14-23-21-12-15-25-30(6,7)28-24(36-28)16-31(25,8)26(21)27(34)29(32(22,23)9)35-20(5)33/h14,17,19,22,24-25,27-29,34H,3,10-13,15-16H2,1-2,4-9H3/t19-,22-,24+,25?,27-,28+,29+,31?,32?/m1/s1. The van der Waals surface area contributed by atoms with Crippen LogP contribution in [0.25, 0.3) is 0 Å². The second-order valence-corrected chi connectivity index (χ2v) is 14.1. The van der Waals surface area contributed by atoms with Gasteiger partial charge in [0.1, 0.15) is 12.2 Å². The summed E-state index contributed by atoms with van der Waals surface area (Å²) in [4.78, 5) is 12.4. The van der Waals surface area contributed by atoms with Gasteiger partial charge in [0.05, 0.1) is 12.2 Å². The van der Waals surface area contributed by atoms with Gasteiger partial charge in [0.2, 0.25) is 0 Å². The van der Waals surface area contributed by atoms with Crippen molar-refractivity contribution in [1.29, 1.82) is 0 Å². The number of rotatable bonds is 6. The zero-order valence-corrected chi connectivity index (χ0v) is 23.8. The molecule has 0 spiro atoms. The normalized spacial score (nSPS) is 43.1. The largest absolute Gasteiger partial charge is 0.458 e. The Morgan fingerprint density at radius 1 is 1.25 bits per heavy atom. The van der Waals surface area contributed by atoms with Gasteiger partial charge in [-0.05, 0) is 89.7 Å². The first kappa shape index (κ1) is 26.2. The molecule has 1 heterocycles. The minimum absolute atomic E-state index is 0.0769. The van der Waals surface area contributed by atoms with E-state index in [1.54, 1.807) is 0 Å². The van der Waals surface area contributed by atoms with E-state index in [2.05, 4.69) is 61.1 Å². The summed E-state index contributed by atoms with van der Waals surface area (Å²) in [6, 6.07) is 0. The predicted octanol–water partition coefficient (Wildman–Crippen LogP) is 6.78. The van der Waals surface area contributed by atoms with Crippen molar-refractivity contribution >= 4 is 5.97 Å². The second kappa shape index (κ2) is 8.56. The monoisotopic (exact) mass is 496 g/mol. The van der Waals surface area contributed by atoms with E-state index in [9.17, 15) is 9.90 Å². The van der Waals surface area contributed by atoms with Crippen LogP contribution in [0.3, 0.4) is 0 Å². The molecule has 9 atom stereocenters. The number of ether oxygens (including phenoxy) is 2. The topological polar surface area (TPSA) is 59.1 Å². The van der Waals surface area contributed by atoms with Crippen LogP contribution in [0.2, 0.25) is 0 Å². The van der Waals surface area contributed by atoms with E-state index in [1.165, 1.54) is 23.6 Å². The van der Waals surface area contributed by atoms with Crippen LogP contribution >= 0.6 is 0 Å². The molecule has 0 amide bonds. The fraction of sp³-hybridized carbons (Fsp3) is 0.781. The van der Waals surface area contributed by atoms with Gasteiger partial charge in [-0.15, -0.1) is 0 Å². The van der Waals surface area contributed by atoms with Crippen molar-refractivity contribution < 1.29 is 19.4 Å². The number of fused-ring (bicyclic) bond motifs is 5. The van der Waals surface area contributed by atoms with Gasteiger partial charge in [0.15, 0.2) is 0 Å². The van der Waals surface area contributed by atoms with Crippen LogP contribution in [0.15, 0.2) is 34.9 Å². The van der Waals surface area contributed by atoms with Gasteiger partial charge < -0.3 is 14.6 Å². The lowest BCUT2D eigenvalue weighted by molar-refractivity contribution is -0.166. The summed E-state index contributed by atoms with van der Waals surface area (Å²) in [6.07, 6.45) is 7.86. The van der Waals surface area contributed by atoms with E-state index >= 15 is 0 Å². The first-order chi connectivity index (χ1) is 16.7. The SMILES string of the molecule is C=C(CC[C@@H](C)[C@H]1CC=C2C3=C([C@@H](O)[C@H](OC(C)=O)C21C)C1(C)C[C@@H]2O[C@@H]2C(C)(C)C1CC3)C(C)C. The first-order valence-electron chi connectivity index (χ1n) is 14.4. The lowest BCUT2D eigenvalue weighted by Gasteiger charge is -2.59. The van der Waals surface area contributed by atoms with Gasteiger partial charge in [-0.1, -0.05) is 66.7 Å². The molecule has 4 heteroatoms. The van der Waals surface area contributed by atoms with E-state index < -0.39 is 12.2 Å². The Hall–Kier alpha value is -1.39. The molecule has 1 N–H and O–H groups in total. The van der Waals surface area contributed by atoms with E-state index in [-0.39, 0.29) is 28.3 Å². The van der Waals surface area contributed by atoms with Crippen LogP contribution in [0.5, 0.6) is 0 Å². The maximum atomic E-state index is 12.4. The highest BCUT2D eigenvalue weighted by molar-refractivity contribution is 5.67. The first-order valence-corrected chi connectivity index (χ1v) is 14.4. The Morgan fingerprint density at radius 3 is 2.58 bits per heavy atom. The summed E-state index contributed by atoms with van der Waals surface area (Å²) in [5.74, 6) is 1.40. The van der Waals surface area contributed by atoms with Gasteiger partial charge >= 0.3 is 5.97 Å².